The summed E-state index contributed by atoms with van der Waals surface area (Å²) in [6, 6.07) is 15.0. The van der Waals surface area contributed by atoms with Crippen LogP contribution in [-0.2, 0) is 19.6 Å². The lowest BCUT2D eigenvalue weighted by molar-refractivity contribution is 0.139. The first-order valence-corrected chi connectivity index (χ1v) is 13.6. The molecular formula is C27H20BrF2N5O5S. The minimum Gasteiger partial charge on any atom is -0.480 e. The Kier molecular flexibility index (Phi) is 7.94. The quantitative estimate of drug-likeness (QED) is 0.258. The Bertz CT molecular complexity index is 1860. The molecule has 0 aliphatic carbocycles. The number of amides is 1. The molecule has 0 bridgehead atoms. The summed E-state index contributed by atoms with van der Waals surface area (Å²) in [6.07, 6.45) is -1.23. The van der Waals surface area contributed by atoms with Crippen LogP contribution in [0.4, 0.5) is 13.6 Å². The minimum atomic E-state index is -1.23. The van der Waals surface area contributed by atoms with E-state index in [1.54, 1.807) is 30.3 Å². The fourth-order valence-electron chi connectivity index (χ4n) is 4.29. The Morgan fingerprint density at radius 1 is 1.00 bits per heavy atom. The third-order valence-electron chi connectivity index (χ3n) is 6.30. The lowest BCUT2D eigenvalue weighted by Gasteiger charge is -2.19. The van der Waals surface area contributed by atoms with E-state index in [1.807, 2.05) is 0 Å². The van der Waals surface area contributed by atoms with E-state index in [-0.39, 0.29) is 46.1 Å². The highest BCUT2D eigenvalue weighted by atomic mass is 79.9. The molecule has 0 radical (unpaired) electrons. The highest BCUT2D eigenvalue weighted by Crippen LogP contribution is 2.35. The topological polar surface area (TPSA) is 120 Å². The van der Waals surface area contributed by atoms with Crippen molar-refractivity contribution in [2.45, 2.75) is 19.6 Å². The van der Waals surface area contributed by atoms with E-state index in [2.05, 4.69) is 26.1 Å². The van der Waals surface area contributed by atoms with Crippen molar-refractivity contribution in [1.29, 1.82) is 0 Å². The molecule has 0 aliphatic heterocycles. The zero-order valence-electron chi connectivity index (χ0n) is 21.3. The first-order chi connectivity index (χ1) is 19.7. The lowest BCUT2D eigenvalue weighted by Crippen LogP contribution is -2.40. The van der Waals surface area contributed by atoms with E-state index < -0.39 is 35.5 Å². The maximum atomic E-state index is 14.7. The fraction of sp³-hybridized carbons (Fsp3) is 0.148. The van der Waals surface area contributed by atoms with Gasteiger partial charge in [-0.15, -0.1) is 21.5 Å². The van der Waals surface area contributed by atoms with Gasteiger partial charge < -0.3 is 9.84 Å². The highest BCUT2D eigenvalue weighted by Gasteiger charge is 2.26. The maximum Gasteiger partial charge on any atom is 0.407 e. The highest BCUT2D eigenvalue weighted by molar-refractivity contribution is 9.11. The molecule has 41 heavy (non-hydrogen) atoms. The summed E-state index contributed by atoms with van der Waals surface area (Å²) in [4.78, 5) is 41.1. The first kappa shape index (κ1) is 28.1. The molecule has 0 spiro atoms. The number of carbonyl (C=O) groups is 1. The Labute approximate surface area is 242 Å². The third-order valence-corrected chi connectivity index (χ3v) is 8.31. The molecule has 0 fully saturated rings. The number of ether oxygens (including phenoxy) is 1. The Morgan fingerprint density at radius 3 is 2.32 bits per heavy atom. The predicted molar refractivity (Wildman–Crippen MR) is 151 cm³/mol. The molecule has 0 unspecified atom stereocenters. The second-order valence-corrected chi connectivity index (χ2v) is 11.1. The van der Waals surface area contributed by atoms with Crippen molar-refractivity contribution in [2.75, 3.05) is 7.11 Å². The minimum absolute atomic E-state index is 0.00449. The molecule has 210 valence electrons. The number of hydrogen-bond acceptors (Lipinski definition) is 7. The number of halogens is 3. The first-order valence-electron chi connectivity index (χ1n) is 12.0. The van der Waals surface area contributed by atoms with E-state index in [9.17, 15) is 28.3 Å². The summed E-state index contributed by atoms with van der Waals surface area (Å²) in [5.41, 5.74) is -1.08. The van der Waals surface area contributed by atoms with Crippen LogP contribution >= 0.6 is 27.3 Å². The molecule has 0 saturated heterocycles. The van der Waals surface area contributed by atoms with E-state index >= 15 is 0 Å². The van der Waals surface area contributed by atoms with Crippen LogP contribution in [0.25, 0.3) is 16.0 Å². The number of rotatable bonds is 8. The van der Waals surface area contributed by atoms with Crippen molar-refractivity contribution in [3.05, 3.63) is 114 Å². The van der Waals surface area contributed by atoms with Gasteiger partial charge in [0.2, 0.25) is 5.88 Å². The van der Waals surface area contributed by atoms with Crippen LogP contribution in [0.3, 0.4) is 0 Å². The van der Waals surface area contributed by atoms with Gasteiger partial charge in [-0.05, 0) is 39.7 Å². The molecule has 5 aromatic rings. The number of thiophene rings is 1. The van der Waals surface area contributed by atoms with E-state index in [0.717, 1.165) is 43.1 Å². The van der Waals surface area contributed by atoms with E-state index in [4.69, 9.17) is 4.74 Å². The van der Waals surface area contributed by atoms with Crippen LogP contribution in [0.1, 0.15) is 16.7 Å². The number of hydrogen-bond donors (Lipinski definition) is 1. The van der Waals surface area contributed by atoms with Crippen molar-refractivity contribution < 1.29 is 23.4 Å². The zero-order chi connectivity index (χ0) is 29.3. The van der Waals surface area contributed by atoms with Gasteiger partial charge in [-0.2, -0.15) is 0 Å². The van der Waals surface area contributed by atoms with Crippen LogP contribution < -0.4 is 16.0 Å². The normalized spacial score (nSPS) is 11.1. The van der Waals surface area contributed by atoms with Gasteiger partial charge in [0.1, 0.15) is 16.5 Å². The van der Waals surface area contributed by atoms with Crippen LogP contribution in [-0.4, -0.2) is 42.5 Å². The summed E-state index contributed by atoms with van der Waals surface area (Å²) in [7, 11) is 1.37. The molecule has 10 nitrogen and oxygen atoms in total. The monoisotopic (exact) mass is 643 g/mol. The summed E-state index contributed by atoms with van der Waals surface area (Å²) in [5.74, 6) is -1.77. The summed E-state index contributed by atoms with van der Waals surface area (Å²) in [5, 5.41) is 17.7. The average molecular weight is 644 g/mol. The molecule has 5 rings (SSSR count). The molecule has 14 heteroatoms. The zero-order valence-corrected chi connectivity index (χ0v) is 23.7. The number of methoxy groups -OCH3 is 1. The van der Waals surface area contributed by atoms with Crippen LogP contribution in [0, 0.1) is 11.6 Å². The third kappa shape index (κ3) is 5.47. The number of aromatic nitrogens is 4. The smallest absolute Gasteiger partial charge is 0.407 e. The lowest BCUT2D eigenvalue weighted by atomic mass is 10.1. The van der Waals surface area contributed by atoms with Crippen LogP contribution in [0.15, 0.2) is 74.0 Å². The van der Waals surface area contributed by atoms with Gasteiger partial charge in [0.05, 0.1) is 29.4 Å². The fourth-order valence-corrected chi connectivity index (χ4v) is 6.10. The largest absolute Gasteiger partial charge is 0.480 e. The Balaban J connectivity index is 1.74. The van der Waals surface area contributed by atoms with Gasteiger partial charge >= 0.3 is 11.8 Å². The summed E-state index contributed by atoms with van der Waals surface area (Å²) in [6.45, 7) is -0.741. The number of benzene rings is 2. The Hall–Kier alpha value is -4.43. The molecule has 3 heterocycles. The van der Waals surface area contributed by atoms with Crippen LogP contribution in [0.2, 0.25) is 0 Å². The van der Waals surface area contributed by atoms with Gasteiger partial charge in [-0.25, -0.2) is 22.9 Å². The second-order valence-electron chi connectivity index (χ2n) is 8.80. The molecule has 1 N–H and O–H groups in total. The summed E-state index contributed by atoms with van der Waals surface area (Å²) < 4.78 is 36.5. The molecule has 3 aromatic heterocycles. The standard InChI is InChI=1S/C27H20BrF2N5O5S/c1-40-21-11-10-20(31-32-21)35-24(36)22-17(13-33(27(38)39)12-15-6-3-2-4-7-15)23(28)41-25(22)34(26(35)37)14-16-18(29)8-5-9-19(16)30/h2-11H,12-14H2,1H3,(H,38,39). The van der Waals surface area contributed by atoms with Gasteiger partial charge in [0.25, 0.3) is 5.56 Å². The van der Waals surface area contributed by atoms with Crippen molar-refractivity contribution in [3.63, 3.8) is 0 Å². The van der Waals surface area contributed by atoms with Crippen molar-refractivity contribution >= 4 is 43.6 Å². The van der Waals surface area contributed by atoms with Gasteiger partial charge in [-0.1, -0.05) is 36.4 Å². The SMILES string of the molecule is COc1ccc(-n2c(=O)c3c(CN(Cc4ccccc4)C(=O)O)c(Br)sc3n(Cc3c(F)cccc3F)c2=O)nn1. The summed E-state index contributed by atoms with van der Waals surface area (Å²) >= 11 is 4.40. The van der Waals surface area contributed by atoms with Crippen molar-refractivity contribution in [2.24, 2.45) is 0 Å². The van der Waals surface area contributed by atoms with Gasteiger partial charge in [0, 0.05) is 23.7 Å². The molecule has 0 saturated carbocycles. The molecule has 0 aliphatic rings. The number of nitrogens with zero attached hydrogens (tertiary/aromatic N) is 5. The molecule has 2 aromatic carbocycles. The van der Waals surface area contributed by atoms with Crippen molar-refractivity contribution in [1.82, 2.24) is 24.2 Å². The number of fused-ring (bicyclic) bond motifs is 1. The average Bonchev–Trinajstić information content (AvgIpc) is 3.28. The number of carboxylic acid groups (broad SMARTS) is 1. The Morgan fingerprint density at radius 2 is 1.71 bits per heavy atom. The molecule has 0 atom stereocenters. The van der Waals surface area contributed by atoms with Crippen LogP contribution in [0.5, 0.6) is 5.88 Å². The van der Waals surface area contributed by atoms with Crippen molar-refractivity contribution in [3.8, 4) is 11.7 Å². The van der Waals surface area contributed by atoms with Gasteiger partial charge in [-0.3, -0.25) is 14.3 Å². The molecule has 1 amide bonds. The second kappa shape index (κ2) is 11.6. The maximum absolute atomic E-state index is 14.7. The molecular weight excluding hydrogens is 624 g/mol. The predicted octanol–water partition coefficient (Wildman–Crippen LogP) is 4.78. The van der Waals surface area contributed by atoms with E-state index in [0.29, 0.717) is 3.79 Å². The van der Waals surface area contributed by atoms with Gasteiger partial charge in [0.15, 0.2) is 5.82 Å². The van der Waals surface area contributed by atoms with E-state index in [1.165, 1.54) is 25.3 Å².